The maximum Gasteiger partial charge on any atom is 0.147 e. The van der Waals surface area contributed by atoms with Crippen molar-refractivity contribution in [2.75, 3.05) is 44.3 Å². The summed E-state index contributed by atoms with van der Waals surface area (Å²) in [5.41, 5.74) is 7.76. The van der Waals surface area contributed by atoms with Crippen LogP contribution in [-0.2, 0) is 18.2 Å². The highest BCUT2D eigenvalue weighted by atomic mass is 16.5. The van der Waals surface area contributed by atoms with Gasteiger partial charge < -0.3 is 20.7 Å². The zero-order valence-corrected chi connectivity index (χ0v) is 11.4. The van der Waals surface area contributed by atoms with Crippen LogP contribution in [0.4, 0.5) is 11.5 Å². The van der Waals surface area contributed by atoms with E-state index in [2.05, 4.69) is 29.3 Å². The van der Waals surface area contributed by atoms with Crippen LogP contribution < -0.4 is 11.1 Å². The zero-order chi connectivity index (χ0) is 13.1. The number of likely N-dealkylation sites (N-methyl/N-ethyl adjacent to an activating group) is 1. The van der Waals surface area contributed by atoms with Gasteiger partial charge in [-0.15, -0.1) is 0 Å². The smallest absolute Gasteiger partial charge is 0.147 e. The minimum absolute atomic E-state index is 0.211. The van der Waals surface area contributed by atoms with Crippen LogP contribution in [0.15, 0.2) is 0 Å². The van der Waals surface area contributed by atoms with Crippen LogP contribution in [0.5, 0.6) is 0 Å². The first-order valence-electron chi connectivity index (χ1n) is 6.47. The first kappa shape index (κ1) is 13.2. The van der Waals surface area contributed by atoms with Gasteiger partial charge in [-0.25, -0.2) is 0 Å². The molecule has 0 radical (unpaired) electrons. The van der Waals surface area contributed by atoms with Crippen molar-refractivity contribution >= 4 is 11.5 Å². The van der Waals surface area contributed by atoms with Crippen LogP contribution in [-0.4, -0.2) is 54.1 Å². The normalized spacial score (nSPS) is 21.2. The van der Waals surface area contributed by atoms with Gasteiger partial charge in [0.2, 0.25) is 0 Å². The number of hydrogen-bond donors (Lipinski definition) is 2. The Kier molecular flexibility index (Phi) is 4.08. The molecule has 1 aliphatic rings. The van der Waals surface area contributed by atoms with Gasteiger partial charge in [-0.3, -0.25) is 4.68 Å². The molecule has 0 amide bonds. The number of hydrogen-bond acceptors (Lipinski definition) is 5. The lowest BCUT2D eigenvalue weighted by Crippen LogP contribution is -2.43. The second-order valence-electron chi connectivity index (χ2n) is 4.82. The number of ether oxygens (including phenoxy) is 1. The highest BCUT2D eigenvalue weighted by molar-refractivity contribution is 5.65. The van der Waals surface area contributed by atoms with Crippen LogP contribution in [0.3, 0.4) is 0 Å². The van der Waals surface area contributed by atoms with Crippen molar-refractivity contribution < 1.29 is 4.74 Å². The molecule has 1 aliphatic heterocycles. The van der Waals surface area contributed by atoms with Crippen molar-refractivity contribution in [3.05, 3.63) is 5.69 Å². The summed E-state index contributed by atoms with van der Waals surface area (Å²) in [7, 11) is 4.02. The fourth-order valence-electron chi connectivity index (χ4n) is 2.27. The monoisotopic (exact) mass is 253 g/mol. The van der Waals surface area contributed by atoms with E-state index < -0.39 is 0 Å². The van der Waals surface area contributed by atoms with Gasteiger partial charge in [0.15, 0.2) is 0 Å². The molecule has 18 heavy (non-hydrogen) atoms. The van der Waals surface area contributed by atoms with Crippen molar-refractivity contribution in [1.29, 1.82) is 0 Å². The maximum absolute atomic E-state index is 6.06. The van der Waals surface area contributed by atoms with E-state index in [4.69, 9.17) is 10.5 Å². The van der Waals surface area contributed by atoms with E-state index in [0.717, 1.165) is 49.9 Å². The van der Waals surface area contributed by atoms with Gasteiger partial charge in [0.05, 0.1) is 24.1 Å². The molecule has 1 atom stereocenters. The van der Waals surface area contributed by atoms with E-state index in [1.54, 1.807) is 4.68 Å². The van der Waals surface area contributed by atoms with E-state index in [0.29, 0.717) is 0 Å². The lowest BCUT2D eigenvalue weighted by Gasteiger charge is -2.30. The Morgan fingerprint density at radius 3 is 2.89 bits per heavy atom. The number of nitrogens with two attached hydrogens (primary N) is 1. The van der Waals surface area contributed by atoms with Crippen LogP contribution in [0.25, 0.3) is 0 Å². The van der Waals surface area contributed by atoms with Crippen LogP contribution in [0, 0.1) is 0 Å². The number of nitrogens with one attached hydrogen (secondary N) is 1. The molecule has 2 heterocycles. The van der Waals surface area contributed by atoms with Gasteiger partial charge in [0.1, 0.15) is 5.82 Å². The number of nitrogen functional groups attached to an aromatic ring is 1. The highest BCUT2D eigenvalue weighted by Gasteiger charge is 2.19. The SMILES string of the molecule is CCc1nn(C)c(NCC2CN(C)CCO2)c1N. The van der Waals surface area contributed by atoms with Gasteiger partial charge in [0, 0.05) is 26.7 Å². The van der Waals surface area contributed by atoms with Crippen LogP contribution in [0.1, 0.15) is 12.6 Å². The van der Waals surface area contributed by atoms with Gasteiger partial charge in [-0.1, -0.05) is 6.92 Å². The molecule has 0 saturated carbocycles. The van der Waals surface area contributed by atoms with Crippen molar-refractivity contribution in [3.8, 4) is 0 Å². The second-order valence-corrected chi connectivity index (χ2v) is 4.82. The summed E-state index contributed by atoms with van der Waals surface area (Å²) in [6, 6.07) is 0. The van der Waals surface area contributed by atoms with Crippen molar-refractivity contribution in [1.82, 2.24) is 14.7 Å². The van der Waals surface area contributed by atoms with E-state index in [1.165, 1.54) is 0 Å². The Hall–Kier alpha value is -1.27. The molecular weight excluding hydrogens is 230 g/mol. The zero-order valence-electron chi connectivity index (χ0n) is 11.4. The summed E-state index contributed by atoms with van der Waals surface area (Å²) in [5, 5.41) is 7.74. The average Bonchev–Trinajstić information content (AvgIpc) is 2.62. The van der Waals surface area contributed by atoms with E-state index >= 15 is 0 Å². The van der Waals surface area contributed by atoms with Crippen molar-refractivity contribution in [3.63, 3.8) is 0 Å². The molecule has 6 nitrogen and oxygen atoms in total. The summed E-state index contributed by atoms with van der Waals surface area (Å²) in [5.74, 6) is 0.892. The molecule has 1 saturated heterocycles. The van der Waals surface area contributed by atoms with Crippen molar-refractivity contribution in [2.24, 2.45) is 7.05 Å². The van der Waals surface area contributed by atoms with Crippen molar-refractivity contribution in [2.45, 2.75) is 19.4 Å². The summed E-state index contributed by atoms with van der Waals surface area (Å²) >= 11 is 0. The van der Waals surface area contributed by atoms with Crippen LogP contribution in [0.2, 0.25) is 0 Å². The Labute approximate surface area is 108 Å². The van der Waals surface area contributed by atoms with Crippen LogP contribution >= 0.6 is 0 Å². The lowest BCUT2D eigenvalue weighted by atomic mass is 10.2. The topological polar surface area (TPSA) is 68.3 Å². The van der Waals surface area contributed by atoms with Gasteiger partial charge >= 0.3 is 0 Å². The summed E-state index contributed by atoms with van der Waals surface area (Å²) in [6.45, 7) is 5.57. The number of anilines is 2. The third kappa shape index (κ3) is 2.76. The molecular formula is C12H23N5O. The fourth-order valence-corrected chi connectivity index (χ4v) is 2.27. The maximum atomic E-state index is 6.06. The third-order valence-electron chi connectivity index (χ3n) is 3.33. The Balaban J connectivity index is 1.95. The van der Waals surface area contributed by atoms with Gasteiger partial charge in [0.25, 0.3) is 0 Å². The molecule has 2 rings (SSSR count). The molecule has 6 heteroatoms. The second kappa shape index (κ2) is 5.58. The van der Waals surface area contributed by atoms with Gasteiger partial charge in [-0.2, -0.15) is 5.10 Å². The molecule has 0 aromatic carbocycles. The number of rotatable bonds is 4. The molecule has 1 aromatic rings. The highest BCUT2D eigenvalue weighted by Crippen LogP contribution is 2.22. The van der Waals surface area contributed by atoms with Gasteiger partial charge in [-0.05, 0) is 13.5 Å². The quantitative estimate of drug-likeness (QED) is 0.808. The molecule has 0 aliphatic carbocycles. The summed E-state index contributed by atoms with van der Waals surface area (Å²) in [6.07, 6.45) is 1.06. The first-order valence-corrected chi connectivity index (χ1v) is 6.47. The fraction of sp³-hybridized carbons (Fsp3) is 0.750. The lowest BCUT2D eigenvalue weighted by molar-refractivity contribution is -0.0117. The Morgan fingerprint density at radius 2 is 2.28 bits per heavy atom. The molecule has 1 unspecified atom stereocenters. The largest absolute Gasteiger partial charge is 0.394 e. The molecule has 3 N–H and O–H groups in total. The first-order chi connectivity index (χ1) is 8.61. The minimum atomic E-state index is 0.211. The average molecular weight is 253 g/mol. The molecule has 0 bridgehead atoms. The number of nitrogens with zero attached hydrogens (tertiary/aromatic N) is 3. The third-order valence-corrected chi connectivity index (χ3v) is 3.33. The summed E-state index contributed by atoms with van der Waals surface area (Å²) in [4.78, 5) is 2.28. The standard InChI is InChI=1S/C12H23N5O/c1-4-10-11(13)12(17(3)15-10)14-7-9-8-16(2)5-6-18-9/h9,14H,4-8,13H2,1-3H3. The summed E-state index contributed by atoms with van der Waals surface area (Å²) < 4.78 is 7.51. The van der Waals surface area contributed by atoms with E-state index in [1.807, 2.05) is 7.05 Å². The van der Waals surface area contributed by atoms with E-state index in [9.17, 15) is 0 Å². The molecule has 0 spiro atoms. The molecule has 1 aromatic heterocycles. The molecule has 102 valence electrons. The molecule has 1 fully saturated rings. The minimum Gasteiger partial charge on any atom is -0.394 e. The predicted molar refractivity (Wildman–Crippen MR) is 72.7 cm³/mol. The van der Waals surface area contributed by atoms with E-state index in [-0.39, 0.29) is 6.10 Å². The Bertz CT molecular complexity index is 403. The number of aryl methyl sites for hydroxylation is 2. The Morgan fingerprint density at radius 1 is 1.50 bits per heavy atom. The predicted octanol–water partition coefficient (Wildman–Crippen LogP) is 0.307. The number of morpholine rings is 1. The number of aromatic nitrogens is 2.